The van der Waals surface area contributed by atoms with Crippen LogP contribution in [0.2, 0.25) is 0 Å². The van der Waals surface area contributed by atoms with E-state index in [1.165, 1.54) is 0 Å². The van der Waals surface area contributed by atoms with Crippen molar-refractivity contribution in [1.82, 2.24) is 9.80 Å². The van der Waals surface area contributed by atoms with Gasteiger partial charge in [0.2, 0.25) is 5.91 Å². The molecule has 0 unspecified atom stereocenters. The highest BCUT2D eigenvalue weighted by atomic mass is 79.9. The van der Waals surface area contributed by atoms with Crippen molar-refractivity contribution in [3.63, 3.8) is 0 Å². The van der Waals surface area contributed by atoms with Gasteiger partial charge in [-0.05, 0) is 57.7 Å². The molecule has 3 rings (SSSR count). The Morgan fingerprint density at radius 2 is 1.69 bits per heavy atom. The van der Waals surface area contributed by atoms with E-state index in [0.29, 0.717) is 19.6 Å². The number of carbonyl (C=O) groups is 2. The summed E-state index contributed by atoms with van der Waals surface area (Å²) in [6.07, 6.45) is 2.05. The number of halogens is 1. The summed E-state index contributed by atoms with van der Waals surface area (Å²) in [5, 5.41) is 0. The zero-order valence-electron chi connectivity index (χ0n) is 15.8. The third kappa shape index (κ3) is 4.22. The minimum Gasteiger partial charge on any atom is -0.444 e. The van der Waals surface area contributed by atoms with Gasteiger partial charge in [-0.2, -0.15) is 0 Å². The van der Waals surface area contributed by atoms with Gasteiger partial charge in [-0.25, -0.2) is 4.79 Å². The number of ether oxygens (including phenoxy) is 1. The van der Waals surface area contributed by atoms with Crippen LogP contribution in [0.25, 0.3) is 0 Å². The molecular weight excluding hydrogens is 396 g/mol. The first-order valence-electron chi connectivity index (χ1n) is 9.20. The highest BCUT2D eigenvalue weighted by molar-refractivity contribution is 9.10. The van der Waals surface area contributed by atoms with Gasteiger partial charge in [0.1, 0.15) is 5.60 Å². The molecular formula is C20H27BrN2O3. The predicted molar refractivity (Wildman–Crippen MR) is 104 cm³/mol. The van der Waals surface area contributed by atoms with Gasteiger partial charge in [0, 0.05) is 30.7 Å². The Hall–Kier alpha value is -1.56. The molecule has 0 bridgehead atoms. The number of hydrogen-bond donors (Lipinski definition) is 0. The number of hydrogen-bond acceptors (Lipinski definition) is 3. The Labute approximate surface area is 163 Å². The van der Waals surface area contributed by atoms with E-state index in [1.807, 2.05) is 49.9 Å². The third-order valence-corrected chi connectivity index (χ3v) is 5.79. The fourth-order valence-electron chi connectivity index (χ4n) is 3.76. The fourth-order valence-corrected chi connectivity index (χ4v) is 4.03. The smallest absolute Gasteiger partial charge is 0.410 e. The van der Waals surface area contributed by atoms with E-state index in [-0.39, 0.29) is 17.4 Å². The number of carbonyl (C=O) groups excluding carboxylic acids is 2. The number of likely N-dealkylation sites (tertiary alicyclic amines) is 2. The minimum absolute atomic E-state index is 0.240. The van der Waals surface area contributed by atoms with Gasteiger partial charge in [-0.15, -0.1) is 0 Å². The van der Waals surface area contributed by atoms with Gasteiger partial charge in [0.25, 0.3) is 0 Å². The van der Waals surface area contributed by atoms with E-state index in [0.717, 1.165) is 35.8 Å². The standard InChI is InChI=1S/C20H27BrN2O3/c1-19(2,3)26-18(25)22-11-8-20(9-12-22)10-13-23(17(20)24)14-15-4-6-16(21)7-5-15/h4-7H,8-14H2,1-3H3. The predicted octanol–water partition coefficient (Wildman–Crippen LogP) is 4.20. The summed E-state index contributed by atoms with van der Waals surface area (Å²) in [6.45, 7) is 8.25. The molecule has 0 atom stereocenters. The normalized spacial score (nSPS) is 19.9. The first-order chi connectivity index (χ1) is 12.2. The number of piperidine rings is 1. The van der Waals surface area contributed by atoms with Crippen LogP contribution >= 0.6 is 15.9 Å². The summed E-state index contributed by atoms with van der Waals surface area (Å²) >= 11 is 3.44. The lowest BCUT2D eigenvalue weighted by Crippen LogP contribution is -2.47. The summed E-state index contributed by atoms with van der Waals surface area (Å²) in [4.78, 5) is 29.0. The van der Waals surface area contributed by atoms with Crippen LogP contribution in [0.3, 0.4) is 0 Å². The molecule has 1 aromatic rings. The van der Waals surface area contributed by atoms with Gasteiger partial charge < -0.3 is 14.5 Å². The molecule has 2 amide bonds. The van der Waals surface area contributed by atoms with Crippen LogP contribution in [-0.2, 0) is 16.1 Å². The van der Waals surface area contributed by atoms with Crippen LogP contribution in [0, 0.1) is 5.41 Å². The maximum Gasteiger partial charge on any atom is 0.410 e. The fraction of sp³-hybridized carbons (Fsp3) is 0.600. The molecule has 26 heavy (non-hydrogen) atoms. The molecule has 1 spiro atoms. The summed E-state index contributed by atoms with van der Waals surface area (Å²) < 4.78 is 6.49. The van der Waals surface area contributed by atoms with Crippen LogP contribution in [0.5, 0.6) is 0 Å². The number of amides is 2. The Morgan fingerprint density at radius 1 is 1.12 bits per heavy atom. The second-order valence-electron chi connectivity index (χ2n) is 8.35. The molecule has 0 saturated carbocycles. The number of benzene rings is 1. The molecule has 2 aliphatic heterocycles. The average molecular weight is 423 g/mol. The summed E-state index contributed by atoms with van der Waals surface area (Å²) in [7, 11) is 0. The lowest BCUT2D eigenvalue weighted by molar-refractivity contribution is -0.138. The van der Waals surface area contributed by atoms with Crippen LogP contribution in [0.4, 0.5) is 4.79 Å². The summed E-state index contributed by atoms with van der Waals surface area (Å²) in [5.74, 6) is 0.240. The Kier molecular flexibility index (Phi) is 5.33. The highest BCUT2D eigenvalue weighted by Gasteiger charge is 2.48. The summed E-state index contributed by atoms with van der Waals surface area (Å²) in [5.41, 5.74) is 0.356. The van der Waals surface area contributed by atoms with Crippen molar-refractivity contribution >= 4 is 27.9 Å². The van der Waals surface area contributed by atoms with E-state index in [4.69, 9.17) is 4.74 Å². The van der Waals surface area contributed by atoms with Crippen molar-refractivity contribution in [2.75, 3.05) is 19.6 Å². The molecule has 2 aliphatic rings. The van der Waals surface area contributed by atoms with Crippen LogP contribution in [0.1, 0.15) is 45.6 Å². The minimum atomic E-state index is -0.489. The SMILES string of the molecule is CC(C)(C)OC(=O)N1CCC2(CC1)CCN(Cc1ccc(Br)cc1)C2=O. The summed E-state index contributed by atoms with van der Waals surface area (Å²) in [6, 6.07) is 8.11. The van der Waals surface area contributed by atoms with E-state index < -0.39 is 5.60 Å². The monoisotopic (exact) mass is 422 g/mol. The van der Waals surface area contributed by atoms with Crippen molar-refractivity contribution in [3.8, 4) is 0 Å². The molecule has 2 heterocycles. The lowest BCUT2D eigenvalue weighted by atomic mass is 9.77. The Morgan fingerprint density at radius 3 is 2.27 bits per heavy atom. The van der Waals surface area contributed by atoms with E-state index in [2.05, 4.69) is 15.9 Å². The second-order valence-corrected chi connectivity index (χ2v) is 9.27. The maximum atomic E-state index is 13.0. The zero-order chi connectivity index (χ0) is 18.9. The molecule has 0 aliphatic carbocycles. The Balaban J connectivity index is 1.58. The highest BCUT2D eigenvalue weighted by Crippen LogP contribution is 2.42. The van der Waals surface area contributed by atoms with Gasteiger partial charge in [-0.1, -0.05) is 28.1 Å². The van der Waals surface area contributed by atoms with Gasteiger partial charge in [0.15, 0.2) is 0 Å². The molecule has 0 N–H and O–H groups in total. The molecule has 5 nitrogen and oxygen atoms in total. The maximum absolute atomic E-state index is 13.0. The Bertz CT molecular complexity index is 673. The third-order valence-electron chi connectivity index (χ3n) is 5.26. The van der Waals surface area contributed by atoms with Crippen molar-refractivity contribution in [1.29, 1.82) is 0 Å². The molecule has 142 valence electrons. The molecule has 2 fully saturated rings. The lowest BCUT2D eigenvalue weighted by Gasteiger charge is -2.38. The van der Waals surface area contributed by atoms with Gasteiger partial charge >= 0.3 is 6.09 Å². The van der Waals surface area contributed by atoms with Crippen LogP contribution in [-0.4, -0.2) is 47.0 Å². The topological polar surface area (TPSA) is 49.9 Å². The van der Waals surface area contributed by atoms with E-state index >= 15 is 0 Å². The molecule has 6 heteroatoms. The largest absolute Gasteiger partial charge is 0.444 e. The zero-order valence-corrected chi connectivity index (χ0v) is 17.3. The van der Waals surface area contributed by atoms with Gasteiger partial charge in [-0.3, -0.25) is 4.79 Å². The van der Waals surface area contributed by atoms with Crippen LogP contribution in [0.15, 0.2) is 28.7 Å². The first kappa shape index (κ1) is 19.2. The number of nitrogens with zero attached hydrogens (tertiary/aromatic N) is 2. The first-order valence-corrected chi connectivity index (χ1v) is 10.00. The molecule has 2 saturated heterocycles. The molecule has 1 aromatic carbocycles. The average Bonchev–Trinajstić information content (AvgIpc) is 2.86. The number of rotatable bonds is 2. The van der Waals surface area contributed by atoms with Crippen molar-refractivity contribution in [3.05, 3.63) is 34.3 Å². The van der Waals surface area contributed by atoms with Gasteiger partial charge in [0.05, 0.1) is 5.41 Å². The van der Waals surface area contributed by atoms with Crippen molar-refractivity contribution < 1.29 is 14.3 Å². The van der Waals surface area contributed by atoms with Crippen molar-refractivity contribution in [2.24, 2.45) is 5.41 Å². The van der Waals surface area contributed by atoms with E-state index in [9.17, 15) is 9.59 Å². The quantitative estimate of drug-likeness (QED) is 0.717. The molecule has 0 radical (unpaired) electrons. The molecule has 0 aromatic heterocycles. The van der Waals surface area contributed by atoms with Crippen molar-refractivity contribution in [2.45, 2.75) is 52.2 Å². The van der Waals surface area contributed by atoms with Crippen LogP contribution < -0.4 is 0 Å². The van der Waals surface area contributed by atoms with E-state index in [1.54, 1.807) is 4.90 Å². The second kappa shape index (κ2) is 7.22.